The van der Waals surface area contributed by atoms with E-state index in [2.05, 4.69) is 30.7 Å². The number of aromatic nitrogens is 1. The monoisotopic (exact) mass is 223 g/mol. The molecular weight excluding hydrogens is 202 g/mol. The summed E-state index contributed by atoms with van der Waals surface area (Å²) in [5, 5.41) is 3.32. The lowest BCUT2D eigenvalue weighted by Crippen LogP contribution is -2.20. The number of nitrogens with zero attached hydrogens (tertiary/aromatic N) is 2. The summed E-state index contributed by atoms with van der Waals surface area (Å²) in [6.45, 7) is 10.5. The molecule has 1 aromatic heterocycles. The van der Waals surface area contributed by atoms with Crippen LogP contribution in [0.4, 0.5) is 6.01 Å². The Bertz CT molecular complexity index is 320. The highest BCUT2D eigenvalue weighted by Gasteiger charge is 2.07. The molecule has 4 nitrogen and oxygen atoms in total. The Morgan fingerprint density at radius 3 is 3.00 bits per heavy atom. The molecule has 0 spiro atoms. The van der Waals surface area contributed by atoms with E-state index in [1.165, 1.54) is 0 Å². The minimum Gasteiger partial charge on any atom is -0.432 e. The minimum absolute atomic E-state index is 0.640. The zero-order valence-corrected chi connectivity index (χ0v) is 10.4. The predicted octanol–water partition coefficient (Wildman–Crippen LogP) is 2.04. The smallest absolute Gasteiger partial charge is 0.297 e. The molecule has 0 saturated carbocycles. The standard InChI is InChI=1S/C12H21N3O/c1-5-6-15(4)12-14-11(9-16-12)8-13-7-10(2)3/h5,9-10,13H,1,6-8H2,2-4H3. The van der Waals surface area contributed by atoms with E-state index < -0.39 is 0 Å². The molecule has 0 unspecified atom stereocenters. The fraction of sp³-hybridized carbons (Fsp3) is 0.583. The maximum Gasteiger partial charge on any atom is 0.297 e. The van der Waals surface area contributed by atoms with Crippen LogP contribution in [0.15, 0.2) is 23.3 Å². The maximum absolute atomic E-state index is 5.36. The number of rotatable bonds is 7. The molecule has 0 aliphatic carbocycles. The van der Waals surface area contributed by atoms with Crippen molar-refractivity contribution in [3.8, 4) is 0 Å². The summed E-state index contributed by atoms with van der Waals surface area (Å²) in [4.78, 5) is 6.29. The van der Waals surface area contributed by atoms with E-state index in [-0.39, 0.29) is 0 Å². The van der Waals surface area contributed by atoms with Gasteiger partial charge in [0.15, 0.2) is 0 Å². The fourth-order valence-electron chi connectivity index (χ4n) is 1.31. The summed E-state index contributed by atoms with van der Waals surface area (Å²) in [5.41, 5.74) is 0.937. The van der Waals surface area contributed by atoms with E-state index >= 15 is 0 Å². The highest BCUT2D eigenvalue weighted by molar-refractivity contribution is 5.26. The van der Waals surface area contributed by atoms with Crippen molar-refractivity contribution in [2.75, 3.05) is 25.0 Å². The Morgan fingerprint density at radius 1 is 1.62 bits per heavy atom. The highest BCUT2D eigenvalue weighted by Crippen LogP contribution is 2.11. The molecule has 16 heavy (non-hydrogen) atoms. The van der Waals surface area contributed by atoms with Gasteiger partial charge in [-0.15, -0.1) is 6.58 Å². The van der Waals surface area contributed by atoms with Crippen LogP contribution in [0.2, 0.25) is 0 Å². The van der Waals surface area contributed by atoms with Gasteiger partial charge >= 0.3 is 0 Å². The summed E-state index contributed by atoms with van der Waals surface area (Å²) >= 11 is 0. The second-order valence-electron chi connectivity index (χ2n) is 4.32. The van der Waals surface area contributed by atoms with Crippen LogP contribution in [0.3, 0.4) is 0 Å². The first-order valence-corrected chi connectivity index (χ1v) is 5.60. The fourth-order valence-corrected chi connectivity index (χ4v) is 1.31. The Hall–Kier alpha value is -1.29. The summed E-state index contributed by atoms with van der Waals surface area (Å²) in [5.74, 6) is 0.648. The van der Waals surface area contributed by atoms with Gasteiger partial charge < -0.3 is 14.6 Å². The second-order valence-corrected chi connectivity index (χ2v) is 4.32. The Labute approximate surface area is 97.3 Å². The molecule has 0 aliphatic heterocycles. The van der Waals surface area contributed by atoms with E-state index in [4.69, 9.17) is 4.42 Å². The van der Waals surface area contributed by atoms with Crippen molar-refractivity contribution in [1.29, 1.82) is 0 Å². The van der Waals surface area contributed by atoms with Gasteiger partial charge in [-0.2, -0.15) is 4.98 Å². The maximum atomic E-state index is 5.36. The third-order valence-corrected chi connectivity index (χ3v) is 2.13. The van der Waals surface area contributed by atoms with Crippen molar-refractivity contribution in [1.82, 2.24) is 10.3 Å². The molecule has 0 fully saturated rings. The van der Waals surface area contributed by atoms with E-state index in [1.807, 2.05) is 18.0 Å². The minimum atomic E-state index is 0.640. The number of likely N-dealkylation sites (N-methyl/N-ethyl adjacent to an activating group) is 1. The Morgan fingerprint density at radius 2 is 2.38 bits per heavy atom. The van der Waals surface area contributed by atoms with Crippen LogP contribution in [0, 0.1) is 5.92 Å². The predicted molar refractivity (Wildman–Crippen MR) is 66.5 cm³/mol. The average molecular weight is 223 g/mol. The molecule has 0 aliphatic rings. The third kappa shape index (κ3) is 4.06. The largest absolute Gasteiger partial charge is 0.432 e. The SMILES string of the molecule is C=CCN(C)c1nc(CNCC(C)C)co1. The first-order chi connectivity index (χ1) is 7.63. The molecular formula is C12H21N3O. The molecule has 0 atom stereocenters. The molecule has 1 heterocycles. The van der Waals surface area contributed by atoms with Gasteiger partial charge in [0.25, 0.3) is 6.01 Å². The van der Waals surface area contributed by atoms with Crippen LogP contribution in [0.25, 0.3) is 0 Å². The van der Waals surface area contributed by atoms with Gasteiger partial charge in [0.1, 0.15) is 6.26 Å². The molecule has 0 saturated heterocycles. The Kier molecular flexibility index (Phi) is 5.05. The lowest BCUT2D eigenvalue weighted by atomic mass is 10.2. The molecule has 1 N–H and O–H groups in total. The van der Waals surface area contributed by atoms with E-state index in [0.29, 0.717) is 11.9 Å². The molecule has 0 bridgehead atoms. The van der Waals surface area contributed by atoms with Crippen molar-refractivity contribution >= 4 is 6.01 Å². The zero-order valence-electron chi connectivity index (χ0n) is 10.4. The van der Waals surface area contributed by atoms with Crippen molar-refractivity contribution in [2.45, 2.75) is 20.4 Å². The third-order valence-electron chi connectivity index (χ3n) is 2.13. The lowest BCUT2D eigenvalue weighted by Gasteiger charge is -2.10. The molecule has 0 radical (unpaired) electrons. The molecule has 90 valence electrons. The molecule has 0 aromatic carbocycles. The zero-order chi connectivity index (χ0) is 12.0. The van der Waals surface area contributed by atoms with Crippen LogP contribution in [-0.2, 0) is 6.54 Å². The molecule has 1 aromatic rings. The van der Waals surface area contributed by atoms with Gasteiger partial charge in [0.05, 0.1) is 5.69 Å². The van der Waals surface area contributed by atoms with E-state index in [1.54, 1.807) is 6.26 Å². The van der Waals surface area contributed by atoms with Crippen LogP contribution in [0.5, 0.6) is 0 Å². The van der Waals surface area contributed by atoms with Crippen LogP contribution < -0.4 is 10.2 Å². The van der Waals surface area contributed by atoms with Gasteiger partial charge in [-0.25, -0.2) is 0 Å². The summed E-state index contributed by atoms with van der Waals surface area (Å²) in [6.07, 6.45) is 3.52. The number of oxazole rings is 1. The molecule has 1 rings (SSSR count). The van der Waals surface area contributed by atoms with Crippen molar-refractivity contribution in [3.05, 3.63) is 24.6 Å². The van der Waals surface area contributed by atoms with Crippen molar-refractivity contribution < 1.29 is 4.42 Å². The van der Waals surface area contributed by atoms with Crippen LogP contribution in [0.1, 0.15) is 19.5 Å². The van der Waals surface area contributed by atoms with E-state index in [0.717, 1.165) is 25.3 Å². The number of anilines is 1. The first kappa shape index (κ1) is 12.8. The number of hydrogen-bond acceptors (Lipinski definition) is 4. The quantitative estimate of drug-likeness (QED) is 0.718. The van der Waals surface area contributed by atoms with Crippen LogP contribution >= 0.6 is 0 Å². The Balaban J connectivity index is 2.41. The highest BCUT2D eigenvalue weighted by atomic mass is 16.4. The molecule has 0 amide bonds. The second kappa shape index (κ2) is 6.33. The van der Waals surface area contributed by atoms with E-state index in [9.17, 15) is 0 Å². The van der Waals surface area contributed by atoms with Gasteiger partial charge in [0, 0.05) is 20.1 Å². The molecule has 4 heteroatoms. The summed E-state index contributed by atoms with van der Waals surface area (Å²) in [6, 6.07) is 0.640. The average Bonchev–Trinajstić information content (AvgIpc) is 2.66. The van der Waals surface area contributed by atoms with Gasteiger partial charge in [-0.3, -0.25) is 0 Å². The summed E-state index contributed by atoms with van der Waals surface area (Å²) in [7, 11) is 1.93. The lowest BCUT2D eigenvalue weighted by molar-refractivity contribution is 0.538. The van der Waals surface area contributed by atoms with Crippen molar-refractivity contribution in [3.63, 3.8) is 0 Å². The van der Waals surface area contributed by atoms with Gasteiger partial charge in [-0.1, -0.05) is 19.9 Å². The van der Waals surface area contributed by atoms with Crippen LogP contribution in [-0.4, -0.2) is 25.1 Å². The summed E-state index contributed by atoms with van der Waals surface area (Å²) < 4.78 is 5.36. The first-order valence-electron chi connectivity index (χ1n) is 5.60. The number of nitrogens with one attached hydrogen (secondary N) is 1. The van der Waals surface area contributed by atoms with Crippen molar-refractivity contribution in [2.24, 2.45) is 5.92 Å². The number of hydrogen-bond donors (Lipinski definition) is 1. The topological polar surface area (TPSA) is 41.3 Å². The normalized spacial score (nSPS) is 10.8. The van der Waals surface area contributed by atoms with Gasteiger partial charge in [0.2, 0.25) is 0 Å². The van der Waals surface area contributed by atoms with Gasteiger partial charge in [-0.05, 0) is 12.5 Å².